The first-order chi connectivity index (χ1) is 17.6. The highest BCUT2D eigenvalue weighted by Gasteiger charge is 2.41. The molecule has 0 saturated heterocycles. The first-order valence-corrected chi connectivity index (χ1v) is 13.4. The summed E-state index contributed by atoms with van der Waals surface area (Å²) < 4.78 is 14.5. The molecule has 6 rings (SSSR count). The normalized spacial score (nSPS) is 18.0. The first-order valence-electron chi connectivity index (χ1n) is 12.1. The van der Waals surface area contributed by atoms with E-state index in [0.29, 0.717) is 6.61 Å². The second-order valence-electron chi connectivity index (χ2n) is 9.13. The van der Waals surface area contributed by atoms with Gasteiger partial charge >= 0.3 is 0 Å². The minimum absolute atomic E-state index is 0.171. The summed E-state index contributed by atoms with van der Waals surface area (Å²) in [5.41, 5.74) is 7.80. The molecule has 0 radical (unpaired) electrons. The summed E-state index contributed by atoms with van der Waals surface area (Å²) >= 11 is 1.54. The van der Waals surface area contributed by atoms with Crippen LogP contribution in [0.2, 0.25) is 0 Å². The summed E-state index contributed by atoms with van der Waals surface area (Å²) in [6.07, 6.45) is 1.69. The molecule has 2 aliphatic rings. The van der Waals surface area contributed by atoms with Crippen LogP contribution >= 0.6 is 11.8 Å². The molecular weight excluding hydrogens is 468 g/mol. The Morgan fingerprint density at radius 2 is 1.69 bits per heavy atom. The van der Waals surface area contributed by atoms with Crippen molar-refractivity contribution in [2.24, 2.45) is 0 Å². The Labute approximate surface area is 215 Å². The molecule has 0 fully saturated rings. The molecule has 4 aromatic rings. The molecule has 0 spiro atoms. The van der Waals surface area contributed by atoms with Crippen LogP contribution in [-0.2, 0) is 0 Å². The van der Waals surface area contributed by atoms with Crippen LogP contribution in [-0.4, -0.2) is 27.6 Å². The lowest BCUT2D eigenvalue weighted by molar-refractivity contribution is 0.222. The van der Waals surface area contributed by atoms with Crippen LogP contribution in [0.25, 0.3) is 5.70 Å². The smallest absolute Gasteiger partial charge is 0.227 e. The van der Waals surface area contributed by atoms with Gasteiger partial charge < -0.3 is 14.8 Å². The number of hydrogen-bond donors (Lipinski definition) is 1. The number of nitrogens with one attached hydrogen (secondary N) is 1. The van der Waals surface area contributed by atoms with Gasteiger partial charge in [-0.1, -0.05) is 65.4 Å². The molecule has 0 unspecified atom stereocenters. The Morgan fingerprint density at radius 3 is 2.42 bits per heavy atom. The molecular formula is C29H28N4O2S. The highest BCUT2D eigenvalue weighted by atomic mass is 32.2. The van der Waals surface area contributed by atoms with E-state index < -0.39 is 0 Å². The fraction of sp³-hybridized carbons (Fsp3) is 0.241. The Morgan fingerprint density at radius 1 is 0.972 bits per heavy atom. The van der Waals surface area contributed by atoms with Crippen LogP contribution in [0.1, 0.15) is 46.9 Å². The third-order valence-electron chi connectivity index (χ3n) is 6.68. The van der Waals surface area contributed by atoms with E-state index in [1.54, 1.807) is 0 Å². The second kappa shape index (κ2) is 9.06. The zero-order valence-corrected chi connectivity index (χ0v) is 21.6. The number of hydrogen-bond acceptors (Lipinski definition) is 6. The van der Waals surface area contributed by atoms with E-state index in [2.05, 4.69) is 73.8 Å². The van der Waals surface area contributed by atoms with Crippen LogP contribution in [0.3, 0.4) is 0 Å². The molecule has 2 atom stereocenters. The van der Waals surface area contributed by atoms with Crippen LogP contribution < -0.4 is 14.8 Å². The van der Waals surface area contributed by atoms with E-state index in [9.17, 15) is 0 Å². The van der Waals surface area contributed by atoms with Crippen LogP contribution in [0.5, 0.6) is 11.5 Å². The van der Waals surface area contributed by atoms with Gasteiger partial charge in [-0.15, -0.1) is 5.10 Å². The predicted molar refractivity (Wildman–Crippen MR) is 144 cm³/mol. The van der Waals surface area contributed by atoms with Gasteiger partial charge in [-0.05, 0) is 62.4 Å². The maximum atomic E-state index is 6.76. The fourth-order valence-corrected chi connectivity index (χ4v) is 5.31. The number of thioether (sulfide) groups is 1. The molecule has 7 heteroatoms. The zero-order valence-electron chi connectivity index (χ0n) is 20.8. The number of aromatic nitrogens is 3. The summed E-state index contributed by atoms with van der Waals surface area (Å²) in [7, 11) is 0. The van der Waals surface area contributed by atoms with Crippen molar-refractivity contribution in [3.05, 3.63) is 100 Å². The molecule has 3 heterocycles. The van der Waals surface area contributed by atoms with Crippen LogP contribution in [0.15, 0.2) is 77.5 Å². The average molecular weight is 497 g/mol. The number of fused-ring (bicyclic) bond motifs is 3. The minimum atomic E-state index is -0.306. The lowest BCUT2D eigenvalue weighted by Crippen LogP contribution is -2.32. The van der Waals surface area contributed by atoms with Gasteiger partial charge in [0.1, 0.15) is 23.6 Å². The number of anilines is 1. The molecule has 36 heavy (non-hydrogen) atoms. The maximum absolute atomic E-state index is 6.76. The molecule has 0 aliphatic carbocycles. The largest absolute Gasteiger partial charge is 0.494 e. The van der Waals surface area contributed by atoms with E-state index >= 15 is 0 Å². The summed E-state index contributed by atoms with van der Waals surface area (Å²) in [5.74, 6) is 2.44. The average Bonchev–Trinajstić information content (AvgIpc) is 3.31. The van der Waals surface area contributed by atoms with Crippen molar-refractivity contribution in [2.45, 2.75) is 38.1 Å². The van der Waals surface area contributed by atoms with Crippen molar-refractivity contribution in [1.29, 1.82) is 0 Å². The quantitative estimate of drug-likeness (QED) is 0.315. The van der Waals surface area contributed by atoms with Crippen molar-refractivity contribution in [3.63, 3.8) is 0 Å². The third-order valence-corrected chi connectivity index (χ3v) is 7.22. The van der Waals surface area contributed by atoms with Crippen molar-refractivity contribution >= 4 is 23.4 Å². The van der Waals surface area contributed by atoms with Gasteiger partial charge in [-0.25, -0.2) is 4.68 Å². The lowest BCUT2D eigenvalue weighted by Gasteiger charge is -2.39. The predicted octanol–water partition coefficient (Wildman–Crippen LogP) is 6.58. The number of rotatable bonds is 5. The standard InChI is InChI=1S/C29H28N4O2S/c1-5-34-21-13-11-20(12-14-21)27-24-25(22-16-18(3)8-15-23(22)35-27)30-28-31-29(36-4)32-33(28)26(24)19-9-6-17(2)7-10-19/h6-16,26-27H,5H2,1-4H3,(H,30,31,32)/t26-,27+/m0/s1. The van der Waals surface area contributed by atoms with Gasteiger partial charge in [0.2, 0.25) is 11.1 Å². The van der Waals surface area contributed by atoms with E-state index in [-0.39, 0.29) is 12.1 Å². The van der Waals surface area contributed by atoms with Crippen molar-refractivity contribution in [1.82, 2.24) is 14.8 Å². The molecule has 0 amide bonds. The third kappa shape index (κ3) is 3.84. The number of aryl methyl sites for hydroxylation is 2. The van der Waals surface area contributed by atoms with Gasteiger partial charge in [0.25, 0.3) is 0 Å². The number of nitrogens with zero attached hydrogens (tertiary/aromatic N) is 3. The molecule has 0 saturated carbocycles. The second-order valence-corrected chi connectivity index (χ2v) is 9.91. The van der Waals surface area contributed by atoms with Crippen molar-refractivity contribution < 1.29 is 9.47 Å². The van der Waals surface area contributed by atoms with Gasteiger partial charge in [-0.2, -0.15) is 4.98 Å². The van der Waals surface area contributed by atoms with E-state index in [0.717, 1.165) is 50.6 Å². The molecule has 1 aromatic heterocycles. The summed E-state index contributed by atoms with van der Waals surface area (Å²) in [6, 6.07) is 23.0. The highest BCUT2D eigenvalue weighted by molar-refractivity contribution is 7.98. The number of benzene rings is 3. The summed E-state index contributed by atoms with van der Waals surface area (Å²) in [4.78, 5) is 4.79. The van der Waals surface area contributed by atoms with Gasteiger partial charge in [0.05, 0.1) is 12.3 Å². The Bertz CT molecular complexity index is 1460. The van der Waals surface area contributed by atoms with Crippen molar-refractivity contribution in [2.75, 3.05) is 18.2 Å². The molecule has 1 N–H and O–H groups in total. The van der Waals surface area contributed by atoms with Gasteiger partial charge in [0.15, 0.2) is 0 Å². The zero-order chi connectivity index (χ0) is 24.8. The molecule has 2 aliphatic heterocycles. The number of ether oxygens (including phenoxy) is 2. The molecule has 0 bridgehead atoms. The van der Waals surface area contributed by atoms with Gasteiger partial charge in [0, 0.05) is 11.1 Å². The van der Waals surface area contributed by atoms with Crippen LogP contribution in [0, 0.1) is 13.8 Å². The van der Waals surface area contributed by atoms with E-state index in [1.807, 2.05) is 30.0 Å². The topological polar surface area (TPSA) is 61.2 Å². The monoisotopic (exact) mass is 496 g/mol. The maximum Gasteiger partial charge on any atom is 0.227 e. The summed E-state index contributed by atoms with van der Waals surface area (Å²) in [6.45, 7) is 6.84. The Balaban J connectivity index is 1.59. The SMILES string of the molecule is CCOc1ccc([C@H]2Oc3ccc(C)cc3C3=C2[C@H](c2ccc(C)cc2)n2nc(SC)nc2N3)cc1. The molecule has 6 nitrogen and oxygen atoms in total. The minimum Gasteiger partial charge on any atom is -0.494 e. The van der Waals surface area contributed by atoms with Gasteiger partial charge in [-0.3, -0.25) is 0 Å². The highest BCUT2D eigenvalue weighted by Crippen LogP contribution is 2.51. The fourth-order valence-electron chi connectivity index (χ4n) is 4.96. The lowest BCUT2D eigenvalue weighted by atomic mass is 9.84. The molecule has 182 valence electrons. The Hall–Kier alpha value is -3.71. The van der Waals surface area contributed by atoms with Crippen LogP contribution in [0.4, 0.5) is 5.95 Å². The van der Waals surface area contributed by atoms with Crippen molar-refractivity contribution in [3.8, 4) is 11.5 Å². The molecule has 3 aromatic carbocycles. The van der Waals surface area contributed by atoms with E-state index in [4.69, 9.17) is 19.6 Å². The van der Waals surface area contributed by atoms with E-state index in [1.165, 1.54) is 22.9 Å². The first kappa shape index (κ1) is 22.7. The summed E-state index contributed by atoms with van der Waals surface area (Å²) in [5, 5.41) is 9.24. The Kier molecular flexibility index (Phi) is 5.72.